The van der Waals surface area contributed by atoms with Gasteiger partial charge in [0, 0.05) is 36.8 Å². The second kappa shape index (κ2) is 10.7. The lowest BCUT2D eigenvalue weighted by atomic mass is 10.2. The highest BCUT2D eigenvalue weighted by Gasteiger charge is 2.21. The molecule has 3 aromatic rings. The summed E-state index contributed by atoms with van der Waals surface area (Å²) in [5.41, 5.74) is 1.24. The second-order valence-electron chi connectivity index (χ2n) is 6.88. The number of rotatable bonds is 9. The molecular weight excluding hydrogens is 470 g/mol. The zero-order valence-corrected chi connectivity index (χ0v) is 20.6. The molecule has 1 amide bonds. The molecule has 0 atom stereocenters. The minimum absolute atomic E-state index is 0.154. The van der Waals surface area contributed by atoms with E-state index in [2.05, 4.69) is 4.99 Å². The van der Waals surface area contributed by atoms with E-state index in [1.807, 2.05) is 23.6 Å². The lowest BCUT2D eigenvalue weighted by Gasteiger charge is -2.18. The van der Waals surface area contributed by atoms with Gasteiger partial charge >= 0.3 is 0 Å². The predicted molar refractivity (Wildman–Crippen MR) is 128 cm³/mol. The number of ether oxygens (including phenoxy) is 1. The number of hydrogen-bond acceptors (Lipinski definition) is 5. The fourth-order valence-electron chi connectivity index (χ4n) is 3.28. The van der Waals surface area contributed by atoms with Gasteiger partial charge in [-0.2, -0.15) is 9.30 Å². The molecule has 0 aliphatic carbocycles. The topological polar surface area (TPSA) is 81.0 Å². The van der Waals surface area contributed by atoms with Crippen molar-refractivity contribution in [3.05, 3.63) is 57.9 Å². The van der Waals surface area contributed by atoms with Crippen molar-refractivity contribution < 1.29 is 17.9 Å². The average Bonchev–Trinajstić information content (AvgIpc) is 3.10. The third-order valence-electron chi connectivity index (χ3n) is 4.95. The van der Waals surface area contributed by atoms with Crippen LogP contribution in [0.4, 0.5) is 0 Å². The molecule has 0 radical (unpaired) electrons. The quantitative estimate of drug-likeness (QED) is 0.417. The molecule has 0 saturated carbocycles. The van der Waals surface area contributed by atoms with E-state index in [0.29, 0.717) is 48.2 Å². The van der Waals surface area contributed by atoms with Gasteiger partial charge in [0.1, 0.15) is 0 Å². The highest BCUT2D eigenvalue weighted by Crippen LogP contribution is 2.22. The molecule has 7 nitrogen and oxygen atoms in total. The molecule has 0 aliphatic heterocycles. The Kier molecular flexibility index (Phi) is 8.24. The average molecular weight is 496 g/mol. The first-order valence-electron chi connectivity index (χ1n) is 10.4. The van der Waals surface area contributed by atoms with E-state index in [1.165, 1.54) is 39.9 Å². The summed E-state index contributed by atoms with van der Waals surface area (Å²) in [6.45, 7) is 7.90. The van der Waals surface area contributed by atoms with E-state index in [9.17, 15) is 13.2 Å². The summed E-state index contributed by atoms with van der Waals surface area (Å²) in [6, 6.07) is 11.4. The van der Waals surface area contributed by atoms with Crippen molar-refractivity contribution in [1.82, 2.24) is 8.87 Å². The van der Waals surface area contributed by atoms with Crippen LogP contribution in [-0.4, -0.2) is 49.5 Å². The standard InChI is InChI=1S/C22H26ClN3O4S2/c1-4-25(5-2)32(28,29)18-10-7-16(8-11-18)21(27)24-22-26(13-14-30-6-3)19-12-9-17(23)15-20(19)31-22/h7-12,15H,4-6,13-14H2,1-3H3. The highest BCUT2D eigenvalue weighted by atomic mass is 35.5. The number of fused-ring (bicyclic) bond motifs is 1. The molecule has 172 valence electrons. The van der Waals surface area contributed by atoms with Gasteiger partial charge in [0.05, 0.1) is 21.7 Å². The number of thiazole rings is 1. The van der Waals surface area contributed by atoms with Gasteiger partial charge in [-0.3, -0.25) is 4.79 Å². The van der Waals surface area contributed by atoms with Crippen molar-refractivity contribution in [1.29, 1.82) is 0 Å². The second-order valence-corrected chi connectivity index (χ2v) is 10.3. The monoisotopic (exact) mass is 495 g/mol. The van der Waals surface area contributed by atoms with Crippen LogP contribution in [0.15, 0.2) is 52.4 Å². The molecule has 1 aromatic heterocycles. The van der Waals surface area contributed by atoms with E-state index in [1.54, 1.807) is 19.9 Å². The summed E-state index contributed by atoms with van der Waals surface area (Å²) in [7, 11) is -3.58. The third-order valence-corrected chi connectivity index (χ3v) is 8.29. The number of amides is 1. The molecule has 0 N–H and O–H groups in total. The zero-order valence-electron chi connectivity index (χ0n) is 18.2. The first kappa shape index (κ1) is 24.6. The van der Waals surface area contributed by atoms with E-state index in [-0.39, 0.29) is 4.90 Å². The largest absolute Gasteiger partial charge is 0.380 e. The highest BCUT2D eigenvalue weighted by molar-refractivity contribution is 7.89. The summed E-state index contributed by atoms with van der Waals surface area (Å²) >= 11 is 7.50. The van der Waals surface area contributed by atoms with Crippen LogP contribution < -0.4 is 4.80 Å². The first-order chi connectivity index (χ1) is 15.3. The fraction of sp³-hybridized carbons (Fsp3) is 0.364. The molecule has 0 unspecified atom stereocenters. The van der Waals surface area contributed by atoms with Gasteiger partial charge in [0.15, 0.2) is 4.80 Å². The summed E-state index contributed by atoms with van der Waals surface area (Å²) in [5.74, 6) is -0.445. The molecule has 0 saturated heterocycles. The minimum Gasteiger partial charge on any atom is -0.380 e. The molecule has 0 fully saturated rings. The predicted octanol–water partition coefficient (Wildman–Crippen LogP) is 4.16. The Bertz CT molecular complexity index is 1260. The first-order valence-corrected chi connectivity index (χ1v) is 13.0. The number of aromatic nitrogens is 1. The molecule has 32 heavy (non-hydrogen) atoms. The number of benzene rings is 2. The van der Waals surface area contributed by atoms with Crippen LogP contribution in [0.3, 0.4) is 0 Å². The Morgan fingerprint density at radius 3 is 2.44 bits per heavy atom. The fourth-order valence-corrected chi connectivity index (χ4v) is 6.07. The number of halogens is 1. The number of carbonyl (C=O) groups excluding carboxylic acids is 1. The summed E-state index contributed by atoms with van der Waals surface area (Å²) in [6.07, 6.45) is 0. The van der Waals surface area contributed by atoms with Crippen LogP contribution >= 0.6 is 22.9 Å². The Hall–Kier alpha value is -2.04. The third kappa shape index (κ3) is 5.29. The van der Waals surface area contributed by atoms with Gasteiger partial charge in [-0.1, -0.05) is 36.8 Å². The Balaban J connectivity index is 1.96. The van der Waals surface area contributed by atoms with Crippen LogP contribution in [0.5, 0.6) is 0 Å². The Morgan fingerprint density at radius 1 is 1.12 bits per heavy atom. The van der Waals surface area contributed by atoms with E-state index < -0.39 is 15.9 Å². The molecule has 3 rings (SSSR count). The number of hydrogen-bond donors (Lipinski definition) is 0. The maximum atomic E-state index is 12.9. The molecule has 10 heteroatoms. The molecular formula is C22H26ClN3O4S2. The van der Waals surface area contributed by atoms with E-state index in [0.717, 1.165) is 10.2 Å². The van der Waals surface area contributed by atoms with Crippen LogP contribution in [-0.2, 0) is 21.3 Å². The van der Waals surface area contributed by atoms with Crippen molar-refractivity contribution in [2.24, 2.45) is 4.99 Å². The van der Waals surface area contributed by atoms with Crippen molar-refractivity contribution in [2.45, 2.75) is 32.2 Å². The van der Waals surface area contributed by atoms with Gasteiger partial charge in [-0.25, -0.2) is 8.42 Å². The maximum Gasteiger partial charge on any atom is 0.279 e. The van der Waals surface area contributed by atoms with Crippen LogP contribution in [0.2, 0.25) is 5.02 Å². The van der Waals surface area contributed by atoms with Crippen LogP contribution in [0.25, 0.3) is 10.2 Å². The van der Waals surface area contributed by atoms with Gasteiger partial charge in [0.25, 0.3) is 5.91 Å². The minimum atomic E-state index is -3.58. The van der Waals surface area contributed by atoms with Gasteiger partial charge in [-0.15, -0.1) is 0 Å². The molecule has 1 heterocycles. The van der Waals surface area contributed by atoms with Gasteiger partial charge < -0.3 is 9.30 Å². The number of sulfonamides is 1. The Labute approximate surface area is 197 Å². The lowest BCUT2D eigenvalue weighted by molar-refractivity contribution is 0.0996. The lowest BCUT2D eigenvalue weighted by Crippen LogP contribution is -2.30. The van der Waals surface area contributed by atoms with Crippen molar-refractivity contribution in [3.8, 4) is 0 Å². The van der Waals surface area contributed by atoms with Crippen molar-refractivity contribution in [2.75, 3.05) is 26.3 Å². The summed E-state index contributed by atoms with van der Waals surface area (Å²) in [5, 5.41) is 0.610. The van der Waals surface area contributed by atoms with E-state index in [4.69, 9.17) is 16.3 Å². The normalized spacial score (nSPS) is 12.7. The smallest absolute Gasteiger partial charge is 0.279 e. The summed E-state index contributed by atoms with van der Waals surface area (Å²) in [4.78, 5) is 17.9. The van der Waals surface area contributed by atoms with Gasteiger partial charge in [-0.05, 0) is 49.4 Å². The maximum absolute atomic E-state index is 12.9. The van der Waals surface area contributed by atoms with Crippen molar-refractivity contribution in [3.63, 3.8) is 0 Å². The molecule has 0 bridgehead atoms. The molecule has 0 spiro atoms. The molecule has 2 aromatic carbocycles. The zero-order chi connectivity index (χ0) is 23.3. The van der Waals surface area contributed by atoms with Crippen LogP contribution in [0.1, 0.15) is 31.1 Å². The number of carbonyl (C=O) groups is 1. The Morgan fingerprint density at radius 2 is 1.81 bits per heavy atom. The summed E-state index contributed by atoms with van der Waals surface area (Å²) < 4.78 is 35.0. The molecule has 0 aliphatic rings. The van der Waals surface area contributed by atoms with Crippen molar-refractivity contribution >= 4 is 49.1 Å². The van der Waals surface area contributed by atoms with E-state index >= 15 is 0 Å². The van der Waals surface area contributed by atoms with Gasteiger partial charge in [0.2, 0.25) is 10.0 Å². The van der Waals surface area contributed by atoms with Crippen LogP contribution in [0, 0.1) is 0 Å². The SMILES string of the molecule is CCOCCn1c(=NC(=O)c2ccc(S(=O)(=O)N(CC)CC)cc2)sc2cc(Cl)ccc21. The number of nitrogens with zero attached hydrogens (tertiary/aromatic N) is 3.